The summed E-state index contributed by atoms with van der Waals surface area (Å²) >= 11 is 0. The zero-order valence-corrected chi connectivity index (χ0v) is 40.8. The molecule has 12 aromatic rings. The number of hydrogen-bond acceptors (Lipinski definition) is 2. The Balaban J connectivity index is 0.00000494. The topological polar surface area (TPSA) is 49.7 Å². The predicted octanol–water partition coefficient (Wildman–Crippen LogP) is 15.4. The van der Waals surface area contributed by atoms with Gasteiger partial charge in [0, 0.05) is 23.0 Å². The summed E-state index contributed by atoms with van der Waals surface area (Å²) in [5, 5.41) is 4.58. The number of pyridine rings is 1. The smallest absolute Gasteiger partial charge is 0.656 e. The number of hydrogen-bond donors (Lipinski definition) is 0. The molecule has 0 unspecified atom stereocenters. The van der Waals surface area contributed by atoms with E-state index >= 15 is 0 Å². The van der Waals surface area contributed by atoms with Crippen molar-refractivity contribution in [1.82, 2.24) is 24.1 Å². The van der Waals surface area contributed by atoms with Gasteiger partial charge in [0.05, 0.1) is 11.0 Å². The van der Waals surface area contributed by atoms with Crippen molar-refractivity contribution < 1.29 is 21.1 Å². The van der Waals surface area contributed by atoms with Crippen LogP contribution in [0.25, 0.3) is 111 Å². The number of aromatic nitrogens is 5. The minimum atomic E-state index is 0. The summed E-state index contributed by atoms with van der Waals surface area (Å²) < 4.78 is 4.63. The molecule has 0 saturated carbocycles. The summed E-state index contributed by atoms with van der Waals surface area (Å²) in [6, 6.07) is 58.8. The molecule has 0 spiro atoms. The van der Waals surface area contributed by atoms with Crippen LogP contribution in [-0.4, -0.2) is 19.1 Å². The van der Waals surface area contributed by atoms with Crippen LogP contribution in [-0.2, 0) is 21.1 Å². The van der Waals surface area contributed by atoms with Gasteiger partial charge in [0.25, 0.3) is 0 Å². The molecule has 67 heavy (non-hydrogen) atoms. The second kappa shape index (κ2) is 16.2. The van der Waals surface area contributed by atoms with E-state index in [-0.39, 0.29) is 21.1 Å². The van der Waals surface area contributed by atoms with Gasteiger partial charge in [-0.25, -0.2) is 9.97 Å². The molecule has 0 aliphatic rings. The molecule has 0 aliphatic heterocycles. The largest absolute Gasteiger partial charge is 2.00 e. The van der Waals surface area contributed by atoms with Crippen LogP contribution in [0.4, 0.5) is 0 Å². The third kappa shape index (κ3) is 6.78. The Bertz CT molecular complexity index is 3910. The van der Waals surface area contributed by atoms with Gasteiger partial charge in [-0.05, 0) is 163 Å². The third-order valence-electron chi connectivity index (χ3n) is 13.5. The number of benzene rings is 8. The Morgan fingerprint density at radius 2 is 1.18 bits per heavy atom. The van der Waals surface area contributed by atoms with Crippen molar-refractivity contribution in [3.8, 4) is 56.3 Å². The van der Waals surface area contributed by atoms with E-state index in [2.05, 4.69) is 215 Å². The average Bonchev–Trinajstić information content (AvgIpc) is 3.98. The molecule has 326 valence electrons. The second-order valence-corrected chi connectivity index (χ2v) is 18.2. The fourth-order valence-electron chi connectivity index (χ4n) is 11.0. The summed E-state index contributed by atoms with van der Waals surface area (Å²) in [6.07, 6.45) is 1.92. The van der Waals surface area contributed by atoms with E-state index in [4.69, 9.17) is 15.0 Å². The average molecular weight is 1050 g/mol. The van der Waals surface area contributed by atoms with E-state index < -0.39 is 0 Å². The minimum Gasteiger partial charge on any atom is -0.656 e. The number of para-hydroxylation sites is 4. The van der Waals surface area contributed by atoms with Crippen LogP contribution in [0.2, 0.25) is 0 Å². The number of rotatable bonds is 6. The summed E-state index contributed by atoms with van der Waals surface area (Å²) in [5.41, 5.74) is 23.5. The van der Waals surface area contributed by atoms with Crippen molar-refractivity contribution in [1.29, 1.82) is 0 Å². The molecular formula is C61H47N5Pt. The molecule has 0 saturated heterocycles. The van der Waals surface area contributed by atoms with Gasteiger partial charge >= 0.3 is 21.1 Å². The molecular weight excluding hydrogens is 998 g/mol. The van der Waals surface area contributed by atoms with Gasteiger partial charge in [-0.3, -0.25) is 4.57 Å². The van der Waals surface area contributed by atoms with Gasteiger partial charge in [0.15, 0.2) is 0 Å². The van der Waals surface area contributed by atoms with E-state index in [0.717, 1.165) is 88.8 Å². The fraction of sp³-hybridized carbons (Fsp3) is 0.115. The molecule has 0 aliphatic carbocycles. The number of fused-ring (bicyclic) bond motifs is 7. The summed E-state index contributed by atoms with van der Waals surface area (Å²) in [5.74, 6) is 1.71. The van der Waals surface area contributed by atoms with Gasteiger partial charge in [-0.1, -0.05) is 119 Å². The Labute approximate surface area is 405 Å². The Morgan fingerprint density at radius 1 is 0.507 bits per heavy atom. The molecule has 4 aromatic heterocycles. The quantitative estimate of drug-likeness (QED) is 0.156. The fourth-order valence-corrected chi connectivity index (χ4v) is 11.0. The van der Waals surface area contributed by atoms with Gasteiger partial charge in [0.2, 0.25) is 0 Å². The monoisotopic (exact) mass is 1040 g/mol. The zero-order valence-electron chi connectivity index (χ0n) is 38.6. The Kier molecular flexibility index (Phi) is 10.2. The first-order valence-electron chi connectivity index (χ1n) is 22.8. The predicted molar refractivity (Wildman–Crippen MR) is 275 cm³/mol. The van der Waals surface area contributed by atoms with Gasteiger partial charge in [-0.2, -0.15) is 0 Å². The summed E-state index contributed by atoms with van der Waals surface area (Å²) in [6.45, 7) is 15.5. The van der Waals surface area contributed by atoms with E-state index in [1.165, 1.54) is 61.0 Å². The molecule has 6 heteroatoms. The molecule has 12 rings (SSSR count). The van der Waals surface area contributed by atoms with Crippen LogP contribution in [0, 0.1) is 54.5 Å². The molecule has 0 atom stereocenters. The van der Waals surface area contributed by atoms with Crippen LogP contribution in [0.3, 0.4) is 0 Å². The third-order valence-corrected chi connectivity index (χ3v) is 13.5. The maximum absolute atomic E-state index is 5.60. The van der Waals surface area contributed by atoms with E-state index in [1.54, 1.807) is 0 Å². The minimum absolute atomic E-state index is 0. The van der Waals surface area contributed by atoms with Crippen LogP contribution in [0.1, 0.15) is 38.9 Å². The molecule has 0 N–H and O–H groups in total. The van der Waals surface area contributed by atoms with Crippen molar-refractivity contribution >= 4 is 54.6 Å². The number of imidazole rings is 1. The molecule has 5 nitrogen and oxygen atoms in total. The Morgan fingerprint density at radius 3 is 1.93 bits per heavy atom. The van der Waals surface area contributed by atoms with Crippen LogP contribution < -0.4 is 4.98 Å². The van der Waals surface area contributed by atoms with Crippen molar-refractivity contribution in [2.45, 2.75) is 48.5 Å². The van der Waals surface area contributed by atoms with Crippen LogP contribution in [0.5, 0.6) is 0 Å². The zero-order chi connectivity index (χ0) is 45.0. The molecule has 0 bridgehead atoms. The Hall–Kier alpha value is -7.33. The SMILES string of the molecule is Cc1ccnc(-n2c3[c-]c(-c4cccc5c4nc(-c4cccc6c4[n-]c4ccccc46)n5-c4ccccc4)ccc3c3c(-c4c(C)cc(C)cc4C)cc(-c4c(C)cc(C)cc4C)cc32)c1.[Pt+2]. The van der Waals surface area contributed by atoms with Crippen LogP contribution in [0.15, 0.2) is 158 Å². The standard InChI is InChI=1S/C61H47N5.Pt/c1-35-25-26-62-55(31-35)66-53-33-42(23-24-48(53)58-50(57-40(6)29-37(3)30-41(57)7)32-43(34-54(58)66)56-38(4)27-36(2)28-39(56)5)45-18-14-22-52-60(45)64-61(65(52)44-15-9-8-10-16-44)49-20-13-19-47-46-17-11-12-21-51(46)63-59(47)49;/h8-32,34H,1-7H3;/q-2;+2. The van der Waals surface area contributed by atoms with E-state index in [1.807, 2.05) is 6.20 Å². The maximum Gasteiger partial charge on any atom is 2.00 e. The molecule has 0 amide bonds. The first-order chi connectivity index (χ1) is 32.1. The first-order valence-corrected chi connectivity index (χ1v) is 22.8. The van der Waals surface area contributed by atoms with Crippen LogP contribution >= 0.6 is 0 Å². The van der Waals surface area contributed by atoms with Crippen molar-refractivity contribution in [2.75, 3.05) is 0 Å². The van der Waals surface area contributed by atoms with Gasteiger partial charge in [0.1, 0.15) is 11.6 Å². The van der Waals surface area contributed by atoms with E-state index in [0.29, 0.717) is 0 Å². The molecule has 0 radical (unpaired) electrons. The maximum atomic E-state index is 5.60. The van der Waals surface area contributed by atoms with Crippen molar-refractivity contribution in [3.63, 3.8) is 0 Å². The molecule has 0 fully saturated rings. The molecule has 4 heterocycles. The first kappa shape index (κ1) is 42.3. The van der Waals surface area contributed by atoms with Gasteiger partial charge < -0.3 is 9.55 Å². The van der Waals surface area contributed by atoms with Gasteiger partial charge in [-0.15, -0.1) is 34.8 Å². The van der Waals surface area contributed by atoms with Crippen molar-refractivity contribution in [3.05, 3.63) is 203 Å². The number of aryl methyl sites for hydroxylation is 7. The van der Waals surface area contributed by atoms with Crippen molar-refractivity contribution in [2.24, 2.45) is 0 Å². The summed E-state index contributed by atoms with van der Waals surface area (Å²) in [7, 11) is 0. The second-order valence-electron chi connectivity index (χ2n) is 18.2. The van der Waals surface area contributed by atoms with E-state index in [9.17, 15) is 0 Å². The normalized spacial score (nSPS) is 11.7. The molecule has 8 aromatic carbocycles. The number of nitrogens with zero attached hydrogens (tertiary/aromatic N) is 5. The summed E-state index contributed by atoms with van der Waals surface area (Å²) in [4.78, 5) is 15.9.